The molecule has 164 valence electrons. The lowest BCUT2D eigenvalue weighted by molar-refractivity contribution is -0.136. The largest absolute Gasteiger partial charge is 0.321 e. The second-order valence-electron chi connectivity index (χ2n) is 8.21. The summed E-state index contributed by atoms with van der Waals surface area (Å²) in [7, 11) is 0. The summed E-state index contributed by atoms with van der Waals surface area (Å²) in [4.78, 5) is 63.1. The molecule has 1 atom stereocenters. The van der Waals surface area contributed by atoms with Crippen molar-refractivity contribution in [3.05, 3.63) is 46.8 Å². The van der Waals surface area contributed by atoms with Crippen LogP contribution >= 0.6 is 0 Å². The van der Waals surface area contributed by atoms with Gasteiger partial charge in [0.25, 0.3) is 17.7 Å². The number of piperidine rings is 1. The van der Waals surface area contributed by atoms with Crippen LogP contribution in [0.15, 0.2) is 24.3 Å². The molecule has 5 rings (SSSR count). The molecule has 2 aliphatic heterocycles. The quantitative estimate of drug-likeness (QED) is 0.684. The Morgan fingerprint density at radius 1 is 1.09 bits per heavy atom. The van der Waals surface area contributed by atoms with Crippen molar-refractivity contribution in [1.29, 1.82) is 0 Å². The minimum atomic E-state index is -1.03. The van der Waals surface area contributed by atoms with Crippen LogP contribution in [0.1, 0.15) is 75.4 Å². The van der Waals surface area contributed by atoms with Crippen LogP contribution in [0.25, 0.3) is 0 Å². The first-order chi connectivity index (χ1) is 15.4. The van der Waals surface area contributed by atoms with E-state index in [0.29, 0.717) is 23.8 Å². The Balaban J connectivity index is 1.38. The Labute approximate surface area is 182 Å². The normalized spacial score (nSPS) is 20.4. The molecule has 3 aliphatic rings. The van der Waals surface area contributed by atoms with E-state index >= 15 is 0 Å². The molecule has 5 amide bonds. The molecular formula is C22H21N5O5. The fourth-order valence-electron chi connectivity index (χ4n) is 4.18. The number of fused-ring (bicyclic) bond motifs is 1. The molecule has 2 N–H and O–H groups in total. The lowest BCUT2D eigenvalue weighted by atomic mass is 10.0. The molecule has 2 aromatic rings. The van der Waals surface area contributed by atoms with Crippen molar-refractivity contribution in [3.63, 3.8) is 0 Å². The number of nitrogens with zero attached hydrogens (tertiary/aromatic N) is 3. The predicted octanol–water partition coefficient (Wildman–Crippen LogP) is 1.43. The summed E-state index contributed by atoms with van der Waals surface area (Å²) in [5.41, 5.74) is 1.97. The third kappa shape index (κ3) is 3.28. The molecule has 2 fully saturated rings. The van der Waals surface area contributed by atoms with E-state index in [9.17, 15) is 24.0 Å². The molecule has 1 aromatic heterocycles. The summed E-state index contributed by atoms with van der Waals surface area (Å²) < 4.78 is 1.65. The van der Waals surface area contributed by atoms with Gasteiger partial charge in [0, 0.05) is 24.6 Å². The van der Waals surface area contributed by atoms with E-state index in [2.05, 4.69) is 15.7 Å². The summed E-state index contributed by atoms with van der Waals surface area (Å²) in [5.74, 6) is -2.24. The van der Waals surface area contributed by atoms with Crippen LogP contribution < -0.4 is 10.6 Å². The van der Waals surface area contributed by atoms with Crippen LogP contribution in [0.3, 0.4) is 0 Å². The Kier molecular flexibility index (Phi) is 4.65. The van der Waals surface area contributed by atoms with Gasteiger partial charge >= 0.3 is 0 Å². The van der Waals surface area contributed by atoms with Gasteiger partial charge in [0.2, 0.25) is 11.8 Å². The number of rotatable bonds is 5. The van der Waals surface area contributed by atoms with Crippen molar-refractivity contribution in [1.82, 2.24) is 20.0 Å². The Hall–Kier alpha value is -3.82. The number of carbonyl (C=O) groups excluding carboxylic acids is 5. The van der Waals surface area contributed by atoms with Crippen molar-refractivity contribution in [2.24, 2.45) is 0 Å². The number of nitrogens with one attached hydrogen (secondary N) is 2. The van der Waals surface area contributed by atoms with Gasteiger partial charge in [0.1, 0.15) is 11.7 Å². The monoisotopic (exact) mass is 435 g/mol. The molecule has 0 radical (unpaired) electrons. The highest BCUT2D eigenvalue weighted by molar-refractivity contribution is 6.24. The molecule has 1 unspecified atom stereocenters. The maximum absolute atomic E-state index is 12.9. The molecule has 0 bridgehead atoms. The average Bonchev–Trinajstić information content (AvgIpc) is 3.48. The fraction of sp³-hybridized carbons (Fsp3) is 0.364. The van der Waals surface area contributed by atoms with Crippen LogP contribution in [0.2, 0.25) is 0 Å². The van der Waals surface area contributed by atoms with E-state index in [1.807, 2.05) is 6.92 Å². The third-order valence-electron chi connectivity index (χ3n) is 6.02. The van der Waals surface area contributed by atoms with Crippen molar-refractivity contribution < 1.29 is 24.0 Å². The molecule has 1 saturated carbocycles. The summed E-state index contributed by atoms with van der Waals surface area (Å²) in [6.45, 7) is 2.46. The predicted molar refractivity (Wildman–Crippen MR) is 111 cm³/mol. The van der Waals surface area contributed by atoms with Crippen molar-refractivity contribution in [2.75, 3.05) is 5.32 Å². The zero-order valence-corrected chi connectivity index (χ0v) is 17.4. The van der Waals surface area contributed by atoms with Gasteiger partial charge in [0.15, 0.2) is 0 Å². The lowest BCUT2D eigenvalue weighted by Crippen LogP contribution is -2.54. The SMILES string of the molecule is CCn1nc(C2CC2)cc1C(=O)Nc1ccc2c(c1)C(=O)N(C1CCC(=O)NC1=O)C2=O. The topological polar surface area (TPSA) is 130 Å². The molecule has 10 heteroatoms. The Bertz CT molecular complexity index is 1200. The van der Waals surface area contributed by atoms with Crippen LogP contribution in [0, 0.1) is 0 Å². The third-order valence-corrected chi connectivity index (χ3v) is 6.02. The molecule has 1 saturated heterocycles. The molecule has 0 spiro atoms. The van der Waals surface area contributed by atoms with Crippen molar-refractivity contribution in [2.45, 2.75) is 51.1 Å². The first kappa shape index (κ1) is 20.1. The number of hydrogen-bond acceptors (Lipinski definition) is 6. The van der Waals surface area contributed by atoms with Gasteiger partial charge in [-0.2, -0.15) is 5.10 Å². The standard InChI is InChI=1S/C22H21N5O5/c1-2-26-17(10-15(25-26)11-3-4-11)20(30)23-12-5-6-13-14(9-12)22(32)27(21(13)31)16-7-8-18(28)24-19(16)29/h5-6,9-11,16H,2-4,7-8H2,1H3,(H,23,30)(H,24,28,29). The number of aromatic nitrogens is 2. The Morgan fingerprint density at radius 2 is 1.84 bits per heavy atom. The van der Waals surface area contributed by atoms with Crippen molar-refractivity contribution in [3.8, 4) is 0 Å². The van der Waals surface area contributed by atoms with E-state index in [0.717, 1.165) is 23.4 Å². The lowest BCUT2D eigenvalue weighted by Gasteiger charge is -2.27. The first-order valence-electron chi connectivity index (χ1n) is 10.6. The first-order valence-corrected chi connectivity index (χ1v) is 10.6. The molecule has 10 nitrogen and oxygen atoms in total. The summed E-state index contributed by atoms with van der Waals surface area (Å²) in [6, 6.07) is 5.21. The second-order valence-corrected chi connectivity index (χ2v) is 8.21. The van der Waals surface area contributed by atoms with E-state index in [1.54, 1.807) is 16.8 Å². The molecule has 1 aliphatic carbocycles. The zero-order chi connectivity index (χ0) is 22.6. The summed E-state index contributed by atoms with van der Waals surface area (Å²) in [6.07, 6.45) is 2.29. The molecule has 1 aromatic carbocycles. The maximum Gasteiger partial charge on any atom is 0.273 e. The van der Waals surface area contributed by atoms with Crippen LogP contribution in [-0.2, 0) is 16.1 Å². The number of carbonyl (C=O) groups is 5. The highest BCUT2D eigenvalue weighted by atomic mass is 16.2. The van der Waals surface area contributed by atoms with Crippen LogP contribution in [0.4, 0.5) is 5.69 Å². The minimum Gasteiger partial charge on any atom is -0.321 e. The molecule has 3 heterocycles. The number of aryl methyl sites for hydroxylation is 1. The van der Waals surface area contributed by atoms with Crippen molar-refractivity contribution >= 4 is 35.2 Å². The number of imide groups is 2. The minimum absolute atomic E-state index is 0.0546. The zero-order valence-electron chi connectivity index (χ0n) is 17.4. The highest BCUT2D eigenvalue weighted by Crippen LogP contribution is 2.39. The van der Waals surface area contributed by atoms with E-state index in [4.69, 9.17) is 0 Å². The fourth-order valence-corrected chi connectivity index (χ4v) is 4.18. The van der Waals surface area contributed by atoms with Gasteiger partial charge in [-0.25, -0.2) is 0 Å². The smallest absolute Gasteiger partial charge is 0.273 e. The van der Waals surface area contributed by atoms with Gasteiger partial charge in [-0.3, -0.25) is 38.9 Å². The van der Waals surface area contributed by atoms with Gasteiger partial charge in [0.05, 0.1) is 16.8 Å². The highest BCUT2D eigenvalue weighted by Gasteiger charge is 2.44. The van der Waals surface area contributed by atoms with Gasteiger partial charge in [-0.15, -0.1) is 0 Å². The van der Waals surface area contributed by atoms with E-state index < -0.39 is 29.7 Å². The summed E-state index contributed by atoms with van der Waals surface area (Å²) in [5, 5.41) is 9.44. The molecular weight excluding hydrogens is 414 g/mol. The second kappa shape index (κ2) is 7.40. The number of anilines is 1. The maximum atomic E-state index is 12.9. The average molecular weight is 435 g/mol. The molecule has 32 heavy (non-hydrogen) atoms. The number of benzene rings is 1. The number of hydrogen-bond donors (Lipinski definition) is 2. The summed E-state index contributed by atoms with van der Waals surface area (Å²) >= 11 is 0. The van der Waals surface area contributed by atoms with E-state index in [1.165, 1.54) is 12.1 Å². The van der Waals surface area contributed by atoms with Gasteiger partial charge in [-0.1, -0.05) is 0 Å². The number of amides is 5. The van der Waals surface area contributed by atoms with Gasteiger partial charge < -0.3 is 5.32 Å². The Morgan fingerprint density at radius 3 is 2.53 bits per heavy atom. The van der Waals surface area contributed by atoms with Gasteiger partial charge in [-0.05, 0) is 50.5 Å². The van der Waals surface area contributed by atoms with Crippen LogP contribution in [-0.4, -0.2) is 50.3 Å². The van der Waals surface area contributed by atoms with Crippen LogP contribution in [0.5, 0.6) is 0 Å². The van der Waals surface area contributed by atoms with E-state index in [-0.39, 0.29) is 29.9 Å².